The topological polar surface area (TPSA) is 128 Å². The molecule has 9 nitrogen and oxygen atoms in total. The Balaban J connectivity index is 1.65. The number of hydrogen-bond donors (Lipinski definition) is 1. The van der Waals surface area contributed by atoms with Gasteiger partial charge in [-0.3, -0.25) is 25.0 Å². The summed E-state index contributed by atoms with van der Waals surface area (Å²) >= 11 is 2.52. The molecule has 32 heavy (non-hydrogen) atoms. The van der Waals surface area contributed by atoms with E-state index in [0.29, 0.717) is 9.24 Å². The molecule has 0 aliphatic rings. The molecule has 2 aromatic carbocycles. The van der Waals surface area contributed by atoms with Crippen LogP contribution in [0.2, 0.25) is 0 Å². The summed E-state index contributed by atoms with van der Waals surface area (Å²) < 4.78 is 5.65. The number of benzene rings is 2. The van der Waals surface area contributed by atoms with Crippen molar-refractivity contribution in [3.05, 3.63) is 80.8 Å². The number of esters is 1. The highest BCUT2D eigenvalue weighted by Crippen LogP contribution is 2.34. The Labute approximate surface area is 191 Å². The average molecular weight is 472 g/mol. The number of carbonyl (C=O) groups excluding carboxylic acids is 3. The predicted octanol–water partition coefficient (Wildman–Crippen LogP) is 3.55. The van der Waals surface area contributed by atoms with Gasteiger partial charge in [0.1, 0.15) is 0 Å². The number of nitro benzene ring substituents is 1. The highest BCUT2D eigenvalue weighted by atomic mass is 32.2. The van der Waals surface area contributed by atoms with Gasteiger partial charge in [-0.25, -0.2) is 9.78 Å². The van der Waals surface area contributed by atoms with E-state index in [2.05, 4.69) is 10.3 Å². The van der Waals surface area contributed by atoms with Crippen LogP contribution in [0, 0.1) is 17.0 Å². The molecule has 0 unspecified atom stereocenters. The van der Waals surface area contributed by atoms with Crippen LogP contribution in [0.1, 0.15) is 21.6 Å². The van der Waals surface area contributed by atoms with Gasteiger partial charge >= 0.3 is 5.97 Å². The lowest BCUT2D eigenvalue weighted by Crippen LogP contribution is -2.35. The second-order valence-corrected chi connectivity index (χ2v) is 8.65. The summed E-state index contributed by atoms with van der Waals surface area (Å²) in [4.78, 5) is 51.7. The van der Waals surface area contributed by atoms with Crippen molar-refractivity contribution in [1.82, 2.24) is 10.3 Å². The van der Waals surface area contributed by atoms with Crippen molar-refractivity contribution in [2.45, 2.75) is 22.6 Å². The minimum absolute atomic E-state index is 0.000570. The first-order chi connectivity index (χ1) is 15.3. The summed E-state index contributed by atoms with van der Waals surface area (Å²) in [5.74, 6) is -2.26. The monoisotopic (exact) mass is 471 g/mol. The molecule has 164 valence electrons. The van der Waals surface area contributed by atoms with Crippen LogP contribution >= 0.6 is 23.1 Å². The number of thiazole rings is 1. The standard InChI is InChI=1S/C21H17N3O6S2/c1-13-12-31-21(22-13)32-17-8-7-15(24(28)29)10-16(17)20(27)30-11-19(26)23-18(25)9-14-5-3-2-4-6-14/h2-8,10,12H,9,11H2,1H3,(H,23,25,26). The maximum absolute atomic E-state index is 12.6. The van der Waals surface area contributed by atoms with E-state index in [1.165, 1.54) is 23.5 Å². The van der Waals surface area contributed by atoms with Crippen molar-refractivity contribution in [1.29, 1.82) is 0 Å². The molecule has 0 aliphatic carbocycles. The van der Waals surface area contributed by atoms with Gasteiger partial charge in [-0.2, -0.15) is 0 Å². The zero-order valence-corrected chi connectivity index (χ0v) is 18.4. The van der Waals surface area contributed by atoms with Crippen LogP contribution in [0.25, 0.3) is 0 Å². The van der Waals surface area contributed by atoms with Crippen molar-refractivity contribution in [3.63, 3.8) is 0 Å². The van der Waals surface area contributed by atoms with E-state index >= 15 is 0 Å². The average Bonchev–Trinajstić information content (AvgIpc) is 3.17. The maximum Gasteiger partial charge on any atom is 0.340 e. The van der Waals surface area contributed by atoms with Crippen molar-refractivity contribution in [2.24, 2.45) is 0 Å². The minimum atomic E-state index is -0.921. The highest BCUT2D eigenvalue weighted by molar-refractivity contribution is 8.01. The Morgan fingerprint density at radius 2 is 1.91 bits per heavy atom. The molecule has 1 heterocycles. The van der Waals surface area contributed by atoms with Gasteiger partial charge in [-0.05, 0) is 18.6 Å². The van der Waals surface area contributed by atoms with Crippen LogP contribution in [0.4, 0.5) is 5.69 Å². The van der Waals surface area contributed by atoms with Gasteiger partial charge in [0.15, 0.2) is 10.9 Å². The molecule has 0 saturated carbocycles. The minimum Gasteiger partial charge on any atom is -0.452 e. The fourth-order valence-corrected chi connectivity index (χ4v) is 4.47. The molecule has 0 bridgehead atoms. The molecule has 3 aromatic rings. The molecular weight excluding hydrogens is 454 g/mol. The Morgan fingerprint density at radius 1 is 1.16 bits per heavy atom. The summed E-state index contributed by atoms with van der Waals surface area (Å²) in [6, 6.07) is 12.6. The largest absolute Gasteiger partial charge is 0.452 e. The number of nitrogens with one attached hydrogen (secondary N) is 1. The molecule has 0 aliphatic heterocycles. The van der Waals surface area contributed by atoms with E-state index in [1.54, 1.807) is 24.3 Å². The quantitative estimate of drug-likeness (QED) is 0.300. The molecule has 0 fully saturated rings. The molecule has 1 aromatic heterocycles. The molecule has 3 rings (SSSR count). The normalized spacial score (nSPS) is 10.4. The van der Waals surface area contributed by atoms with Gasteiger partial charge in [0.05, 0.1) is 16.9 Å². The van der Waals surface area contributed by atoms with Gasteiger partial charge in [-0.1, -0.05) is 42.1 Å². The van der Waals surface area contributed by atoms with Gasteiger partial charge in [0.2, 0.25) is 5.91 Å². The number of carbonyl (C=O) groups is 3. The highest BCUT2D eigenvalue weighted by Gasteiger charge is 2.21. The lowest BCUT2D eigenvalue weighted by molar-refractivity contribution is -0.384. The predicted molar refractivity (Wildman–Crippen MR) is 118 cm³/mol. The summed E-state index contributed by atoms with van der Waals surface area (Å²) in [5.41, 5.74) is 1.17. The molecule has 0 atom stereocenters. The van der Waals surface area contributed by atoms with Crippen LogP contribution in [0.15, 0.2) is 63.1 Å². The van der Waals surface area contributed by atoms with E-state index in [-0.39, 0.29) is 17.7 Å². The first-order valence-electron chi connectivity index (χ1n) is 9.24. The third-order valence-electron chi connectivity index (χ3n) is 4.01. The number of aromatic nitrogens is 1. The van der Waals surface area contributed by atoms with Crippen molar-refractivity contribution >= 4 is 46.6 Å². The molecule has 1 N–H and O–H groups in total. The van der Waals surface area contributed by atoms with E-state index < -0.39 is 29.3 Å². The van der Waals surface area contributed by atoms with Gasteiger partial charge in [0.25, 0.3) is 11.6 Å². The summed E-state index contributed by atoms with van der Waals surface area (Å²) in [6.07, 6.45) is -0.000570. The second kappa shape index (κ2) is 10.6. The zero-order valence-electron chi connectivity index (χ0n) is 16.8. The Morgan fingerprint density at radius 3 is 2.56 bits per heavy atom. The fraction of sp³-hybridized carbons (Fsp3) is 0.143. The number of aryl methyl sites for hydroxylation is 1. The Bertz CT molecular complexity index is 1160. The Hall–Kier alpha value is -3.57. The van der Waals surface area contributed by atoms with Gasteiger partial charge in [0, 0.05) is 28.1 Å². The maximum atomic E-state index is 12.6. The lowest BCUT2D eigenvalue weighted by Gasteiger charge is -2.09. The summed E-state index contributed by atoms with van der Waals surface area (Å²) in [5, 5.41) is 15.1. The first kappa shape index (κ1) is 23.1. The smallest absolute Gasteiger partial charge is 0.340 e. The second-order valence-electron chi connectivity index (χ2n) is 6.50. The van der Waals surface area contributed by atoms with Crippen LogP contribution in [-0.4, -0.2) is 34.3 Å². The molecule has 2 amide bonds. The fourth-order valence-electron chi connectivity index (χ4n) is 2.58. The van der Waals surface area contributed by atoms with Crippen molar-refractivity contribution in [3.8, 4) is 0 Å². The number of ether oxygens (including phenoxy) is 1. The summed E-state index contributed by atoms with van der Waals surface area (Å²) in [6.45, 7) is 1.12. The first-order valence-corrected chi connectivity index (χ1v) is 10.9. The van der Waals surface area contributed by atoms with E-state index in [0.717, 1.165) is 29.1 Å². The third kappa shape index (κ3) is 6.46. The lowest BCUT2D eigenvalue weighted by atomic mass is 10.1. The zero-order chi connectivity index (χ0) is 23.1. The number of hydrogen-bond acceptors (Lipinski definition) is 9. The summed E-state index contributed by atoms with van der Waals surface area (Å²) in [7, 11) is 0. The van der Waals surface area contributed by atoms with E-state index in [1.807, 2.05) is 18.4 Å². The van der Waals surface area contributed by atoms with Crippen LogP contribution in [0.5, 0.6) is 0 Å². The van der Waals surface area contributed by atoms with Crippen LogP contribution in [-0.2, 0) is 20.7 Å². The molecule has 11 heteroatoms. The number of imide groups is 1. The molecule has 0 saturated heterocycles. The number of nitro groups is 1. The van der Waals surface area contributed by atoms with E-state index in [4.69, 9.17) is 4.74 Å². The van der Waals surface area contributed by atoms with Crippen LogP contribution < -0.4 is 5.32 Å². The molecular formula is C21H17N3O6S2. The SMILES string of the molecule is Cc1csc(Sc2ccc([N+](=O)[O-])cc2C(=O)OCC(=O)NC(=O)Cc2ccccc2)n1. The van der Waals surface area contributed by atoms with Gasteiger partial charge in [-0.15, -0.1) is 11.3 Å². The third-order valence-corrected chi connectivity index (χ3v) is 6.14. The number of rotatable bonds is 8. The Kier molecular flexibility index (Phi) is 7.68. The number of non-ortho nitro benzene ring substituents is 1. The van der Waals surface area contributed by atoms with Crippen LogP contribution in [0.3, 0.4) is 0 Å². The van der Waals surface area contributed by atoms with E-state index in [9.17, 15) is 24.5 Å². The molecule has 0 spiro atoms. The van der Waals surface area contributed by atoms with Gasteiger partial charge < -0.3 is 4.74 Å². The van der Waals surface area contributed by atoms with Crippen molar-refractivity contribution < 1.29 is 24.0 Å². The molecule has 0 radical (unpaired) electrons. The number of amides is 2. The van der Waals surface area contributed by atoms with Crippen molar-refractivity contribution in [2.75, 3.05) is 6.61 Å². The number of nitrogens with zero attached hydrogens (tertiary/aromatic N) is 2.